The molecule has 1 saturated heterocycles. The molecule has 1 fully saturated rings. The van der Waals surface area contributed by atoms with Gasteiger partial charge in [-0.15, -0.1) is 11.3 Å². The third-order valence-corrected chi connectivity index (χ3v) is 6.63. The summed E-state index contributed by atoms with van der Waals surface area (Å²) in [7, 11) is -3.43. The fraction of sp³-hybridized carbons (Fsp3) is 0.545. The van der Waals surface area contributed by atoms with Gasteiger partial charge in [0.1, 0.15) is 15.2 Å². The van der Waals surface area contributed by atoms with E-state index in [4.69, 9.17) is 5.26 Å². The average molecular weight is 270 g/mol. The third kappa shape index (κ3) is 2.10. The largest absolute Gasteiger partial charge is 0.253 e. The van der Waals surface area contributed by atoms with E-state index in [2.05, 4.69) is 0 Å². The van der Waals surface area contributed by atoms with E-state index in [1.807, 2.05) is 19.9 Å². The molecule has 0 aliphatic carbocycles. The highest BCUT2D eigenvalue weighted by Gasteiger charge is 2.41. The smallest absolute Gasteiger partial charge is 0.206 e. The normalized spacial score (nSPS) is 20.3. The second-order valence-corrected chi connectivity index (χ2v) is 7.90. The van der Waals surface area contributed by atoms with Crippen molar-refractivity contribution in [3.8, 4) is 6.07 Å². The van der Waals surface area contributed by atoms with Crippen LogP contribution >= 0.6 is 11.3 Å². The van der Waals surface area contributed by atoms with Gasteiger partial charge in [0.05, 0.1) is 0 Å². The van der Waals surface area contributed by atoms with Gasteiger partial charge < -0.3 is 0 Å². The molecule has 0 N–H and O–H groups in total. The second-order valence-electron chi connectivity index (χ2n) is 4.72. The minimum atomic E-state index is -3.43. The summed E-state index contributed by atoms with van der Waals surface area (Å²) in [4.78, 5) is 0.431. The third-order valence-electron chi connectivity index (χ3n) is 3.06. The van der Waals surface area contributed by atoms with E-state index in [0.717, 1.165) is 24.2 Å². The van der Waals surface area contributed by atoms with Crippen LogP contribution in [0.1, 0.15) is 31.6 Å². The molecule has 1 aliphatic heterocycles. The van der Waals surface area contributed by atoms with Crippen LogP contribution in [0.4, 0.5) is 0 Å². The Labute approximate surface area is 106 Å². The summed E-state index contributed by atoms with van der Waals surface area (Å²) >= 11 is 1.04. The Kier molecular flexibility index (Phi) is 3.02. The van der Waals surface area contributed by atoms with Gasteiger partial charge in [-0.3, -0.25) is 0 Å². The zero-order chi connectivity index (χ0) is 12.7. The minimum absolute atomic E-state index is 0.268. The van der Waals surface area contributed by atoms with Crippen LogP contribution in [0.25, 0.3) is 0 Å². The van der Waals surface area contributed by atoms with Crippen molar-refractivity contribution in [1.82, 2.24) is 4.31 Å². The molecule has 0 radical (unpaired) electrons. The number of hydrogen-bond acceptors (Lipinski definition) is 4. The number of hydrogen-bond donors (Lipinski definition) is 0. The van der Waals surface area contributed by atoms with E-state index < -0.39 is 10.0 Å². The predicted molar refractivity (Wildman–Crippen MR) is 66.2 cm³/mol. The molecule has 1 aromatic rings. The molecule has 4 nitrogen and oxygen atoms in total. The summed E-state index contributed by atoms with van der Waals surface area (Å²) in [6, 6.07) is 5.04. The van der Waals surface area contributed by atoms with Crippen molar-refractivity contribution < 1.29 is 8.42 Å². The Balaban J connectivity index is 2.41. The van der Waals surface area contributed by atoms with Crippen LogP contribution in [-0.4, -0.2) is 24.8 Å². The first-order chi connectivity index (χ1) is 7.88. The molecule has 2 rings (SSSR count). The van der Waals surface area contributed by atoms with E-state index >= 15 is 0 Å². The molecule has 6 heteroatoms. The van der Waals surface area contributed by atoms with Gasteiger partial charge in [-0.2, -0.15) is 9.57 Å². The van der Waals surface area contributed by atoms with Crippen LogP contribution in [0, 0.1) is 11.3 Å². The Hall–Kier alpha value is -0.900. The van der Waals surface area contributed by atoms with Gasteiger partial charge in [-0.25, -0.2) is 8.42 Å². The first-order valence-electron chi connectivity index (χ1n) is 5.41. The number of thiophene rings is 1. The maximum atomic E-state index is 12.4. The van der Waals surface area contributed by atoms with Crippen LogP contribution < -0.4 is 0 Å². The number of sulfonamides is 1. The van der Waals surface area contributed by atoms with Crippen molar-refractivity contribution in [2.75, 3.05) is 6.54 Å². The molecule has 1 aliphatic rings. The van der Waals surface area contributed by atoms with Crippen molar-refractivity contribution in [3.63, 3.8) is 0 Å². The summed E-state index contributed by atoms with van der Waals surface area (Å²) in [5.41, 5.74) is -0.324. The van der Waals surface area contributed by atoms with Crippen LogP contribution in [0.15, 0.2) is 16.3 Å². The van der Waals surface area contributed by atoms with Crippen molar-refractivity contribution in [2.45, 2.75) is 36.4 Å². The fourth-order valence-corrected chi connectivity index (χ4v) is 5.22. The monoisotopic (exact) mass is 270 g/mol. The summed E-state index contributed by atoms with van der Waals surface area (Å²) in [6.45, 7) is 4.45. The van der Waals surface area contributed by atoms with Gasteiger partial charge in [0.2, 0.25) is 0 Å². The van der Waals surface area contributed by atoms with Crippen LogP contribution in [-0.2, 0) is 10.0 Å². The fourth-order valence-electron chi connectivity index (χ4n) is 2.16. The summed E-state index contributed by atoms with van der Waals surface area (Å²) in [5, 5.41) is 8.74. The van der Waals surface area contributed by atoms with E-state index in [9.17, 15) is 8.42 Å². The first kappa shape index (κ1) is 12.6. The molecule has 92 valence electrons. The quantitative estimate of drug-likeness (QED) is 0.827. The molecule has 2 heterocycles. The molecule has 0 atom stereocenters. The van der Waals surface area contributed by atoms with Crippen molar-refractivity contribution in [1.29, 1.82) is 5.26 Å². The standard InChI is InChI=1S/C11H14N2O2S2/c1-11(2)6-3-7-13(11)17(14,15)10-5-4-9(8-12)16-10/h4-5H,3,6-7H2,1-2H3. The summed E-state index contributed by atoms with van der Waals surface area (Å²) in [5.74, 6) is 0. The lowest BCUT2D eigenvalue weighted by atomic mass is 10.0. The van der Waals surface area contributed by atoms with Crippen molar-refractivity contribution in [2.24, 2.45) is 0 Å². The zero-order valence-electron chi connectivity index (χ0n) is 9.80. The molecule has 1 aromatic heterocycles. The topological polar surface area (TPSA) is 61.2 Å². The van der Waals surface area contributed by atoms with Crippen molar-refractivity contribution in [3.05, 3.63) is 17.0 Å². The molecular weight excluding hydrogens is 256 g/mol. The van der Waals surface area contributed by atoms with Gasteiger partial charge in [-0.1, -0.05) is 0 Å². The van der Waals surface area contributed by atoms with E-state index in [1.54, 1.807) is 10.4 Å². The lowest BCUT2D eigenvalue weighted by molar-refractivity contribution is 0.292. The molecule has 0 spiro atoms. The maximum Gasteiger partial charge on any atom is 0.253 e. The van der Waals surface area contributed by atoms with E-state index in [-0.39, 0.29) is 9.75 Å². The van der Waals surface area contributed by atoms with Crippen LogP contribution in [0.5, 0.6) is 0 Å². The Bertz CT molecular complexity index is 567. The maximum absolute atomic E-state index is 12.4. The molecule has 0 saturated carbocycles. The molecule has 17 heavy (non-hydrogen) atoms. The lowest BCUT2D eigenvalue weighted by Gasteiger charge is -2.29. The Morgan fingerprint density at radius 1 is 1.47 bits per heavy atom. The number of nitriles is 1. The van der Waals surface area contributed by atoms with Crippen LogP contribution in [0.2, 0.25) is 0 Å². The highest BCUT2D eigenvalue weighted by molar-refractivity contribution is 7.91. The van der Waals surface area contributed by atoms with Crippen LogP contribution in [0.3, 0.4) is 0 Å². The minimum Gasteiger partial charge on any atom is -0.206 e. The van der Waals surface area contributed by atoms with Gasteiger partial charge in [0.25, 0.3) is 10.0 Å². The predicted octanol–water partition coefficient (Wildman–Crippen LogP) is 2.18. The lowest BCUT2D eigenvalue weighted by Crippen LogP contribution is -2.42. The van der Waals surface area contributed by atoms with Gasteiger partial charge in [0, 0.05) is 12.1 Å². The van der Waals surface area contributed by atoms with Gasteiger partial charge in [-0.05, 0) is 38.8 Å². The molecule has 0 bridgehead atoms. The van der Waals surface area contributed by atoms with Gasteiger partial charge >= 0.3 is 0 Å². The number of nitrogens with zero attached hydrogens (tertiary/aromatic N) is 2. The summed E-state index contributed by atoms with van der Waals surface area (Å²) in [6.07, 6.45) is 1.77. The van der Waals surface area contributed by atoms with Crippen molar-refractivity contribution >= 4 is 21.4 Å². The molecule has 0 unspecified atom stereocenters. The van der Waals surface area contributed by atoms with E-state index in [1.165, 1.54) is 6.07 Å². The average Bonchev–Trinajstić information content (AvgIpc) is 2.83. The zero-order valence-corrected chi connectivity index (χ0v) is 11.4. The molecular formula is C11H14N2O2S2. The van der Waals surface area contributed by atoms with Gasteiger partial charge in [0.15, 0.2) is 0 Å². The highest BCUT2D eigenvalue weighted by Crippen LogP contribution is 2.35. The SMILES string of the molecule is CC1(C)CCCN1S(=O)(=O)c1ccc(C#N)s1. The first-order valence-corrected chi connectivity index (χ1v) is 7.66. The second kappa shape index (κ2) is 4.09. The Morgan fingerprint density at radius 2 is 2.18 bits per heavy atom. The van der Waals surface area contributed by atoms with E-state index in [0.29, 0.717) is 11.4 Å². The summed E-state index contributed by atoms with van der Waals surface area (Å²) < 4.78 is 26.6. The Morgan fingerprint density at radius 3 is 2.65 bits per heavy atom. The molecule has 0 amide bonds. The highest BCUT2D eigenvalue weighted by atomic mass is 32.2. The number of rotatable bonds is 2. The molecule has 0 aromatic carbocycles.